The maximum atomic E-state index is 12.1. The number of benzene rings is 2. The summed E-state index contributed by atoms with van der Waals surface area (Å²) in [5.41, 5.74) is 2.53. The summed E-state index contributed by atoms with van der Waals surface area (Å²) in [5.74, 6) is 0.591. The summed E-state index contributed by atoms with van der Waals surface area (Å²) < 4.78 is 41.1. The molecule has 2 aromatic carbocycles. The van der Waals surface area contributed by atoms with Crippen LogP contribution in [0.25, 0.3) is 0 Å². The zero-order valence-electron chi connectivity index (χ0n) is 15.2. The van der Waals surface area contributed by atoms with Crippen LogP contribution < -0.4 is 10.6 Å². The Bertz CT molecular complexity index is 772. The molecule has 9 heteroatoms. The summed E-state index contributed by atoms with van der Waals surface area (Å²) in [7, 11) is 1.66. The maximum Gasteiger partial charge on any atom is 0.411 e. The fourth-order valence-electron chi connectivity index (χ4n) is 2.34. The second-order valence-corrected chi connectivity index (χ2v) is 6.21. The van der Waals surface area contributed by atoms with Crippen molar-refractivity contribution in [2.45, 2.75) is 25.9 Å². The van der Waals surface area contributed by atoms with Crippen molar-refractivity contribution < 1.29 is 17.9 Å². The van der Waals surface area contributed by atoms with Gasteiger partial charge in [-0.25, -0.2) is 0 Å². The standard InChI is InChI=1S/C19H21ClF3N3O.HI/c1-24-18(26-11-16-7-2-3-8-17(16)20)25-10-14-5-4-6-15(9-14)12-27-13-19(21,22)23;/h2-9H,10-13H2,1H3,(H2,24,25,26);1H. The summed E-state index contributed by atoms with van der Waals surface area (Å²) in [4.78, 5) is 4.15. The molecule has 0 fully saturated rings. The molecule has 28 heavy (non-hydrogen) atoms. The number of nitrogens with one attached hydrogen (secondary N) is 2. The number of alkyl halides is 3. The van der Waals surface area contributed by atoms with E-state index in [4.69, 9.17) is 16.3 Å². The summed E-state index contributed by atoms with van der Waals surface area (Å²) in [6, 6.07) is 14.7. The van der Waals surface area contributed by atoms with E-state index < -0.39 is 12.8 Å². The molecular formula is C19H22ClF3IN3O. The second-order valence-electron chi connectivity index (χ2n) is 5.80. The third-order valence-corrected chi connectivity index (χ3v) is 3.98. The molecule has 4 nitrogen and oxygen atoms in total. The lowest BCUT2D eigenvalue weighted by molar-refractivity contribution is -0.176. The largest absolute Gasteiger partial charge is 0.411 e. The predicted octanol–water partition coefficient (Wildman–Crippen LogP) is 4.90. The Labute approximate surface area is 184 Å². The van der Waals surface area contributed by atoms with Crippen LogP contribution in [0.3, 0.4) is 0 Å². The Kier molecular flexibility index (Phi) is 10.6. The first kappa shape index (κ1) is 24.5. The predicted molar refractivity (Wildman–Crippen MR) is 116 cm³/mol. The summed E-state index contributed by atoms with van der Waals surface area (Å²) in [6.45, 7) is -0.360. The van der Waals surface area contributed by atoms with Gasteiger partial charge in [0.25, 0.3) is 0 Å². The van der Waals surface area contributed by atoms with Gasteiger partial charge in [0.05, 0.1) is 6.61 Å². The van der Waals surface area contributed by atoms with Gasteiger partial charge in [-0.2, -0.15) is 13.2 Å². The smallest absolute Gasteiger partial charge is 0.367 e. The zero-order chi connectivity index (χ0) is 19.7. The van der Waals surface area contributed by atoms with Crippen LogP contribution in [-0.2, 0) is 24.4 Å². The number of hydrogen-bond donors (Lipinski definition) is 2. The summed E-state index contributed by atoms with van der Waals surface area (Å²) >= 11 is 6.13. The van der Waals surface area contributed by atoms with Crippen LogP contribution in [0.4, 0.5) is 13.2 Å². The van der Waals surface area contributed by atoms with Crippen molar-refractivity contribution in [3.8, 4) is 0 Å². The van der Waals surface area contributed by atoms with E-state index in [0.717, 1.165) is 11.1 Å². The molecule has 0 bridgehead atoms. The van der Waals surface area contributed by atoms with Gasteiger partial charge in [-0.05, 0) is 22.8 Å². The van der Waals surface area contributed by atoms with Gasteiger partial charge >= 0.3 is 6.18 Å². The van der Waals surface area contributed by atoms with Crippen LogP contribution in [0.1, 0.15) is 16.7 Å². The van der Waals surface area contributed by atoms with E-state index in [1.807, 2.05) is 30.3 Å². The van der Waals surface area contributed by atoms with Gasteiger partial charge < -0.3 is 15.4 Å². The molecule has 2 N–H and O–H groups in total. The topological polar surface area (TPSA) is 45.7 Å². The molecule has 2 rings (SSSR count). The molecule has 2 aromatic rings. The first-order valence-electron chi connectivity index (χ1n) is 8.27. The highest BCUT2D eigenvalue weighted by atomic mass is 127. The molecule has 0 heterocycles. The van der Waals surface area contributed by atoms with Gasteiger partial charge in [0, 0.05) is 25.2 Å². The number of aliphatic imine (C=N–C) groups is 1. The Hall–Kier alpha value is -1.52. The number of ether oxygens (including phenoxy) is 1. The van der Waals surface area contributed by atoms with Crippen LogP contribution in [0.5, 0.6) is 0 Å². The molecule has 0 saturated heterocycles. The molecule has 0 radical (unpaired) electrons. The number of rotatable bonds is 7. The van der Waals surface area contributed by atoms with Gasteiger partial charge in [-0.3, -0.25) is 4.99 Å². The molecule has 0 aliphatic carbocycles. The van der Waals surface area contributed by atoms with Crippen LogP contribution in [0.15, 0.2) is 53.5 Å². The number of halogens is 5. The van der Waals surface area contributed by atoms with Crippen molar-refractivity contribution >= 4 is 41.5 Å². The summed E-state index contributed by atoms with van der Waals surface area (Å²) in [6.07, 6.45) is -4.32. The normalized spacial score (nSPS) is 11.7. The highest BCUT2D eigenvalue weighted by Gasteiger charge is 2.27. The molecule has 0 aliphatic heterocycles. The van der Waals surface area contributed by atoms with Gasteiger partial charge in [-0.15, -0.1) is 24.0 Å². The molecule has 154 valence electrons. The lowest BCUT2D eigenvalue weighted by Gasteiger charge is -2.13. The zero-order valence-corrected chi connectivity index (χ0v) is 18.3. The Morgan fingerprint density at radius 2 is 1.71 bits per heavy atom. The van der Waals surface area contributed by atoms with E-state index in [0.29, 0.717) is 29.6 Å². The van der Waals surface area contributed by atoms with Gasteiger partial charge in [-0.1, -0.05) is 54.1 Å². The van der Waals surface area contributed by atoms with E-state index >= 15 is 0 Å². The number of nitrogens with zero attached hydrogens (tertiary/aromatic N) is 1. The third-order valence-electron chi connectivity index (χ3n) is 3.61. The van der Waals surface area contributed by atoms with Crippen molar-refractivity contribution in [3.63, 3.8) is 0 Å². The minimum absolute atomic E-state index is 0. The van der Waals surface area contributed by atoms with Crippen LogP contribution in [0, 0.1) is 0 Å². The monoisotopic (exact) mass is 527 g/mol. The van der Waals surface area contributed by atoms with E-state index in [1.54, 1.807) is 25.2 Å². The van der Waals surface area contributed by atoms with Crippen LogP contribution >= 0.6 is 35.6 Å². The van der Waals surface area contributed by atoms with Crippen molar-refractivity contribution in [2.24, 2.45) is 4.99 Å². The van der Waals surface area contributed by atoms with Crippen molar-refractivity contribution in [3.05, 3.63) is 70.2 Å². The van der Waals surface area contributed by atoms with Crippen LogP contribution in [-0.4, -0.2) is 25.8 Å². The lowest BCUT2D eigenvalue weighted by Crippen LogP contribution is -2.36. The van der Waals surface area contributed by atoms with Crippen LogP contribution in [0.2, 0.25) is 5.02 Å². The Morgan fingerprint density at radius 3 is 2.39 bits per heavy atom. The highest BCUT2D eigenvalue weighted by Crippen LogP contribution is 2.16. The fraction of sp³-hybridized carbons (Fsp3) is 0.316. The van der Waals surface area contributed by atoms with E-state index in [1.165, 1.54) is 0 Å². The average molecular weight is 528 g/mol. The number of guanidine groups is 1. The molecule has 0 unspecified atom stereocenters. The molecule has 0 spiro atoms. The van der Waals surface area contributed by atoms with E-state index in [9.17, 15) is 13.2 Å². The molecule has 0 aliphatic rings. The van der Waals surface area contributed by atoms with Crippen molar-refractivity contribution in [1.82, 2.24) is 10.6 Å². The van der Waals surface area contributed by atoms with Gasteiger partial charge in [0.2, 0.25) is 0 Å². The van der Waals surface area contributed by atoms with Gasteiger partial charge in [0.1, 0.15) is 6.61 Å². The van der Waals surface area contributed by atoms with E-state index in [-0.39, 0.29) is 30.6 Å². The fourth-order valence-corrected chi connectivity index (χ4v) is 2.54. The maximum absolute atomic E-state index is 12.1. The van der Waals surface area contributed by atoms with Gasteiger partial charge in [0.15, 0.2) is 5.96 Å². The first-order valence-corrected chi connectivity index (χ1v) is 8.65. The highest BCUT2D eigenvalue weighted by molar-refractivity contribution is 14.0. The molecule has 0 saturated carbocycles. The molecule has 0 aromatic heterocycles. The Balaban J connectivity index is 0.00000392. The third kappa shape index (κ3) is 9.11. The van der Waals surface area contributed by atoms with Crippen molar-refractivity contribution in [1.29, 1.82) is 0 Å². The SMILES string of the molecule is CN=C(NCc1cccc(COCC(F)(F)F)c1)NCc1ccccc1Cl.I. The summed E-state index contributed by atoms with van der Waals surface area (Å²) in [5, 5.41) is 7.00. The first-order chi connectivity index (χ1) is 12.9. The van der Waals surface area contributed by atoms with Crippen molar-refractivity contribution in [2.75, 3.05) is 13.7 Å². The number of hydrogen-bond acceptors (Lipinski definition) is 2. The lowest BCUT2D eigenvalue weighted by atomic mass is 10.1. The average Bonchev–Trinajstić information content (AvgIpc) is 2.62. The Morgan fingerprint density at radius 1 is 1.04 bits per heavy atom. The molecule has 0 atom stereocenters. The minimum Gasteiger partial charge on any atom is -0.367 e. The molecule has 0 amide bonds. The molecular weight excluding hydrogens is 506 g/mol. The van der Waals surface area contributed by atoms with E-state index in [2.05, 4.69) is 15.6 Å². The second kappa shape index (κ2) is 12.1. The quantitative estimate of drug-likeness (QED) is 0.306. The minimum atomic E-state index is -4.32.